The molecule has 0 atom stereocenters. The summed E-state index contributed by atoms with van der Waals surface area (Å²) in [6.07, 6.45) is 0.897. The van der Waals surface area contributed by atoms with Gasteiger partial charge >= 0.3 is 5.97 Å². The van der Waals surface area contributed by atoms with Gasteiger partial charge in [-0.3, -0.25) is 4.79 Å². The number of nitrogens with one attached hydrogen (secondary N) is 1. The van der Waals surface area contributed by atoms with E-state index >= 15 is 0 Å². The lowest BCUT2D eigenvalue weighted by Crippen LogP contribution is -2.43. The van der Waals surface area contributed by atoms with Crippen molar-refractivity contribution in [1.29, 1.82) is 0 Å². The Balaban J connectivity index is 2.03. The molecule has 0 bridgehead atoms. The lowest BCUT2D eigenvalue weighted by Gasteiger charge is -2.13. The minimum Gasteiger partial charge on any atom is -0.480 e. The summed E-state index contributed by atoms with van der Waals surface area (Å²) in [6, 6.07) is 1.61. The molecule has 7 nitrogen and oxygen atoms in total. The van der Waals surface area contributed by atoms with E-state index in [0.29, 0.717) is 35.2 Å². The maximum Gasteiger partial charge on any atom is 0.329 e. The number of nitrogens with zero attached hydrogens (tertiary/aromatic N) is 2. The average Bonchev–Trinajstić information content (AvgIpc) is 3.07. The highest BCUT2D eigenvalue weighted by Gasteiger charge is 2.51. The fourth-order valence-electron chi connectivity index (χ4n) is 2.20. The summed E-state index contributed by atoms with van der Waals surface area (Å²) in [6.45, 7) is 3.45. The summed E-state index contributed by atoms with van der Waals surface area (Å²) in [5.74, 6) is -1.44. The highest BCUT2D eigenvalue weighted by Crippen LogP contribution is 2.36. The van der Waals surface area contributed by atoms with Gasteiger partial charge in [0.1, 0.15) is 5.54 Å². The van der Waals surface area contributed by atoms with Gasteiger partial charge in [-0.2, -0.15) is 0 Å². The smallest absolute Gasteiger partial charge is 0.329 e. The molecule has 7 heteroatoms. The van der Waals surface area contributed by atoms with Crippen LogP contribution in [0.2, 0.25) is 0 Å². The van der Waals surface area contributed by atoms with Crippen LogP contribution in [0, 0.1) is 13.8 Å². The zero-order valence-electron chi connectivity index (χ0n) is 11.1. The normalized spacial score (nSPS) is 16.1. The first-order valence-corrected chi connectivity index (χ1v) is 6.22. The van der Waals surface area contributed by atoms with Gasteiger partial charge in [0, 0.05) is 5.69 Å². The number of aryl methyl sites for hydroxylation is 2. The average molecular weight is 275 g/mol. The van der Waals surface area contributed by atoms with Crippen molar-refractivity contribution in [3.8, 4) is 0 Å². The summed E-state index contributed by atoms with van der Waals surface area (Å²) >= 11 is 0. The molecule has 0 unspecified atom stereocenters. The number of carbonyl (C=O) groups is 2. The molecule has 104 valence electrons. The van der Waals surface area contributed by atoms with Crippen LogP contribution in [0.4, 0.5) is 0 Å². The molecule has 2 aromatic heterocycles. The van der Waals surface area contributed by atoms with Crippen molar-refractivity contribution in [2.24, 2.45) is 0 Å². The molecule has 1 aliphatic carbocycles. The minimum absolute atomic E-state index is 0.285. The van der Waals surface area contributed by atoms with E-state index < -0.39 is 17.4 Å². The largest absolute Gasteiger partial charge is 0.480 e. The van der Waals surface area contributed by atoms with E-state index in [1.807, 2.05) is 0 Å². The van der Waals surface area contributed by atoms with Crippen LogP contribution in [0.5, 0.6) is 0 Å². The van der Waals surface area contributed by atoms with E-state index in [1.165, 1.54) is 0 Å². The van der Waals surface area contributed by atoms with Crippen LogP contribution >= 0.6 is 0 Å². The number of carboxylic acid groups (broad SMARTS) is 1. The molecule has 2 heterocycles. The number of carboxylic acids is 1. The van der Waals surface area contributed by atoms with Gasteiger partial charge in [-0.05, 0) is 32.8 Å². The molecule has 1 fully saturated rings. The van der Waals surface area contributed by atoms with Gasteiger partial charge in [0.05, 0.1) is 16.6 Å². The summed E-state index contributed by atoms with van der Waals surface area (Å²) in [4.78, 5) is 27.7. The van der Waals surface area contributed by atoms with Crippen LogP contribution in [0.25, 0.3) is 11.1 Å². The molecule has 3 rings (SSSR count). The van der Waals surface area contributed by atoms with Crippen LogP contribution in [0.1, 0.15) is 34.6 Å². The molecule has 1 aliphatic rings. The molecule has 0 spiro atoms. The first kappa shape index (κ1) is 12.6. The number of hydrogen-bond acceptors (Lipinski definition) is 5. The fourth-order valence-corrected chi connectivity index (χ4v) is 2.20. The van der Waals surface area contributed by atoms with Crippen molar-refractivity contribution in [3.63, 3.8) is 0 Å². The molecule has 20 heavy (non-hydrogen) atoms. The summed E-state index contributed by atoms with van der Waals surface area (Å²) in [7, 11) is 0. The molecular weight excluding hydrogens is 262 g/mol. The van der Waals surface area contributed by atoms with Crippen LogP contribution in [-0.4, -0.2) is 32.7 Å². The zero-order chi connectivity index (χ0) is 14.5. The van der Waals surface area contributed by atoms with Crippen LogP contribution in [0.15, 0.2) is 10.6 Å². The van der Waals surface area contributed by atoms with E-state index in [9.17, 15) is 9.59 Å². The summed E-state index contributed by atoms with van der Waals surface area (Å²) in [5, 5.41) is 16.0. The number of fused-ring (bicyclic) bond motifs is 1. The Hall–Kier alpha value is -2.44. The van der Waals surface area contributed by atoms with Crippen LogP contribution < -0.4 is 5.32 Å². The van der Waals surface area contributed by atoms with Crippen molar-refractivity contribution >= 4 is 23.0 Å². The highest BCUT2D eigenvalue weighted by molar-refractivity contribution is 6.07. The van der Waals surface area contributed by atoms with E-state index in [0.717, 1.165) is 0 Å². The third kappa shape index (κ3) is 1.82. The monoisotopic (exact) mass is 275 g/mol. The highest BCUT2D eigenvalue weighted by atomic mass is 16.5. The molecule has 0 aromatic carbocycles. The second kappa shape index (κ2) is 4.03. The van der Waals surface area contributed by atoms with Crippen molar-refractivity contribution in [3.05, 3.63) is 23.0 Å². The van der Waals surface area contributed by atoms with Crippen LogP contribution in [-0.2, 0) is 4.79 Å². The Labute approximate surface area is 114 Å². The van der Waals surface area contributed by atoms with E-state index in [2.05, 4.69) is 15.5 Å². The number of aliphatic carboxylic acids is 1. The maximum absolute atomic E-state index is 12.3. The van der Waals surface area contributed by atoms with E-state index in [4.69, 9.17) is 9.63 Å². The third-order valence-electron chi connectivity index (χ3n) is 3.50. The number of carbonyl (C=O) groups excluding carboxylic acids is 1. The summed E-state index contributed by atoms with van der Waals surface area (Å²) < 4.78 is 5.06. The fraction of sp³-hybridized carbons (Fsp3) is 0.385. The topological polar surface area (TPSA) is 105 Å². The Bertz CT molecular complexity index is 731. The second-order valence-corrected chi connectivity index (χ2v) is 5.10. The van der Waals surface area contributed by atoms with Crippen molar-refractivity contribution in [2.45, 2.75) is 32.2 Å². The number of amides is 1. The lowest BCUT2D eigenvalue weighted by molar-refractivity contribution is -0.140. The molecule has 2 aromatic rings. The van der Waals surface area contributed by atoms with Gasteiger partial charge in [0.25, 0.3) is 11.6 Å². The molecule has 1 saturated carbocycles. The predicted molar refractivity (Wildman–Crippen MR) is 68.3 cm³/mol. The number of hydrogen-bond donors (Lipinski definition) is 2. The SMILES string of the molecule is Cc1cc(C(=O)NC2(C(=O)O)CC2)c2c(C)noc2n1. The van der Waals surface area contributed by atoms with Gasteiger partial charge in [-0.15, -0.1) is 0 Å². The number of aromatic nitrogens is 2. The standard InChI is InChI=1S/C13H13N3O4/c1-6-5-8(9-7(2)16-20-11(9)14-6)10(17)15-13(3-4-13)12(18)19/h5H,3-4H2,1-2H3,(H,15,17)(H,18,19). The first-order valence-electron chi connectivity index (χ1n) is 6.22. The first-order chi connectivity index (χ1) is 9.43. The van der Waals surface area contributed by atoms with Gasteiger partial charge in [0.2, 0.25) is 0 Å². The molecule has 2 N–H and O–H groups in total. The zero-order valence-corrected chi connectivity index (χ0v) is 11.1. The Morgan fingerprint density at radius 3 is 2.70 bits per heavy atom. The quantitative estimate of drug-likeness (QED) is 0.871. The van der Waals surface area contributed by atoms with Crippen molar-refractivity contribution in [2.75, 3.05) is 0 Å². The maximum atomic E-state index is 12.3. The Morgan fingerprint density at radius 1 is 1.40 bits per heavy atom. The van der Waals surface area contributed by atoms with Crippen LogP contribution in [0.3, 0.4) is 0 Å². The van der Waals surface area contributed by atoms with Gasteiger partial charge in [-0.1, -0.05) is 5.16 Å². The van der Waals surface area contributed by atoms with Crippen molar-refractivity contribution in [1.82, 2.24) is 15.5 Å². The Kier molecular flexibility index (Phi) is 2.53. The van der Waals surface area contributed by atoms with E-state index in [1.54, 1.807) is 19.9 Å². The Morgan fingerprint density at radius 2 is 2.10 bits per heavy atom. The minimum atomic E-state index is -1.12. The number of pyridine rings is 1. The summed E-state index contributed by atoms with van der Waals surface area (Å²) in [5.41, 5.74) is 0.675. The van der Waals surface area contributed by atoms with E-state index in [-0.39, 0.29) is 5.71 Å². The van der Waals surface area contributed by atoms with Gasteiger partial charge in [-0.25, -0.2) is 9.78 Å². The molecular formula is C13H13N3O4. The van der Waals surface area contributed by atoms with Gasteiger partial charge in [0.15, 0.2) is 0 Å². The molecule has 0 saturated heterocycles. The third-order valence-corrected chi connectivity index (χ3v) is 3.50. The second-order valence-electron chi connectivity index (χ2n) is 5.10. The molecule has 0 radical (unpaired) electrons. The molecule has 0 aliphatic heterocycles. The predicted octanol–water partition coefficient (Wildman–Crippen LogP) is 1.19. The lowest BCUT2D eigenvalue weighted by atomic mass is 10.1. The molecule has 1 amide bonds. The number of rotatable bonds is 3. The van der Waals surface area contributed by atoms with Gasteiger partial charge < -0.3 is 14.9 Å². The van der Waals surface area contributed by atoms with Crippen molar-refractivity contribution < 1.29 is 19.2 Å².